The first-order valence-corrected chi connectivity index (χ1v) is 6.99. The number of hydrogen-bond donors (Lipinski definition) is 0. The maximum absolute atomic E-state index is 12.4. The van der Waals surface area contributed by atoms with Gasteiger partial charge in [0, 0.05) is 12.6 Å². The fourth-order valence-corrected chi connectivity index (χ4v) is 2.77. The minimum atomic E-state index is -0.0164. The van der Waals surface area contributed by atoms with Crippen LogP contribution in [-0.2, 0) is 0 Å². The highest BCUT2D eigenvalue weighted by atomic mass is 35.5. The van der Waals surface area contributed by atoms with Crippen LogP contribution < -0.4 is 4.74 Å². The molecular weight excluding hydrogens is 274 g/mol. The SMILES string of the molecule is O=C(CC1CCOc2ccccc21)c1ncccc1Cl. The number of carbonyl (C=O) groups excluding carboxylic acids is 1. The van der Waals surface area contributed by atoms with Crippen molar-refractivity contribution in [2.45, 2.75) is 18.8 Å². The van der Waals surface area contributed by atoms with Crippen molar-refractivity contribution in [2.75, 3.05) is 6.61 Å². The first kappa shape index (κ1) is 13.1. The third kappa shape index (κ3) is 2.54. The quantitative estimate of drug-likeness (QED) is 0.804. The largest absolute Gasteiger partial charge is 0.493 e. The topological polar surface area (TPSA) is 39.2 Å². The summed E-state index contributed by atoms with van der Waals surface area (Å²) in [6.45, 7) is 0.644. The van der Waals surface area contributed by atoms with Crippen molar-refractivity contribution in [3.63, 3.8) is 0 Å². The number of ketones is 1. The lowest BCUT2D eigenvalue weighted by atomic mass is 9.88. The Bertz CT molecular complexity index is 642. The molecule has 1 aromatic heterocycles. The van der Waals surface area contributed by atoms with E-state index in [1.165, 1.54) is 0 Å². The molecule has 1 aromatic carbocycles. The molecule has 0 spiro atoms. The molecule has 1 atom stereocenters. The second kappa shape index (κ2) is 5.63. The zero-order valence-electron chi connectivity index (χ0n) is 10.9. The van der Waals surface area contributed by atoms with Gasteiger partial charge >= 0.3 is 0 Å². The summed E-state index contributed by atoms with van der Waals surface area (Å²) >= 11 is 6.03. The van der Waals surface area contributed by atoms with Crippen LogP contribution in [0.2, 0.25) is 5.02 Å². The zero-order valence-corrected chi connectivity index (χ0v) is 11.6. The number of aromatic nitrogens is 1. The van der Waals surface area contributed by atoms with Gasteiger partial charge in [-0.1, -0.05) is 29.8 Å². The number of benzene rings is 1. The molecule has 2 heterocycles. The first-order chi connectivity index (χ1) is 9.75. The minimum absolute atomic E-state index is 0.0164. The average Bonchev–Trinajstić information content (AvgIpc) is 2.48. The van der Waals surface area contributed by atoms with Gasteiger partial charge in [-0.3, -0.25) is 9.78 Å². The molecule has 0 fully saturated rings. The van der Waals surface area contributed by atoms with Crippen LogP contribution in [0.15, 0.2) is 42.6 Å². The van der Waals surface area contributed by atoms with Crippen LogP contribution in [0.1, 0.15) is 34.8 Å². The number of rotatable bonds is 3. The molecule has 20 heavy (non-hydrogen) atoms. The van der Waals surface area contributed by atoms with E-state index in [2.05, 4.69) is 4.98 Å². The number of carbonyl (C=O) groups is 1. The maximum Gasteiger partial charge on any atom is 0.183 e. The molecule has 0 amide bonds. The molecular formula is C16H14ClNO2. The smallest absolute Gasteiger partial charge is 0.183 e. The fraction of sp³-hybridized carbons (Fsp3) is 0.250. The number of nitrogens with zero attached hydrogens (tertiary/aromatic N) is 1. The third-order valence-corrected chi connectivity index (χ3v) is 3.84. The number of Topliss-reactive ketones (excluding diaryl/α,β-unsaturated/α-hetero) is 1. The van der Waals surface area contributed by atoms with Crippen molar-refractivity contribution >= 4 is 17.4 Å². The molecule has 1 unspecified atom stereocenters. The molecule has 0 saturated heterocycles. The summed E-state index contributed by atoms with van der Waals surface area (Å²) in [5.41, 5.74) is 1.46. The molecule has 0 saturated carbocycles. The lowest BCUT2D eigenvalue weighted by Crippen LogP contribution is -2.17. The van der Waals surface area contributed by atoms with Crippen molar-refractivity contribution < 1.29 is 9.53 Å². The van der Waals surface area contributed by atoms with E-state index in [1.54, 1.807) is 18.3 Å². The monoisotopic (exact) mass is 287 g/mol. The lowest BCUT2D eigenvalue weighted by Gasteiger charge is -2.25. The zero-order chi connectivity index (χ0) is 13.9. The summed E-state index contributed by atoms with van der Waals surface area (Å²) in [7, 11) is 0. The molecule has 0 radical (unpaired) electrons. The number of hydrogen-bond acceptors (Lipinski definition) is 3. The van der Waals surface area contributed by atoms with E-state index in [0.717, 1.165) is 17.7 Å². The van der Waals surface area contributed by atoms with Gasteiger partial charge in [0.1, 0.15) is 11.4 Å². The van der Waals surface area contributed by atoms with Gasteiger partial charge in [-0.25, -0.2) is 0 Å². The first-order valence-electron chi connectivity index (χ1n) is 6.61. The second-order valence-corrected chi connectivity index (χ2v) is 5.24. The minimum Gasteiger partial charge on any atom is -0.493 e. The summed E-state index contributed by atoms with van der Waals surface area (Å²) in [6.07, 6.45) is 2.85. The molecule has 3 rings (SSSR count). The van der Waals surface area contributed by atoms with Crippen molar-refractivity contribution in [2.24, 2.45) is 0 Å². The molecule has 3 nitrogen and oxygen atoms in total. The van der Waals surface area contributed by atoms with Gasteiger partial charge in [-0.15, -0.1) is 0 Å². The van der Waals surface area contributed by atoms with Crippen molar-refractivity contribution in [3.8, 4) is 5.75 Å². The number of halogens is 1. The van der Waals surface area contributed by atoms with Gasteiger partial charge in [-0.05, 0) is 36.1 Å². The van der Waals surface area contributed by atoms with Crippen LogP contribution in [0.4, 0.5) is 0 Å². The van der Waals surface area contributed by atoms with Crippen LogP contribution in [-0.4, -0.2) is 17.4 Å². The summed E-state index contributed by atoms with van der Waals surface area (Å²) in [6, 6.07) is 11.3. The van der Waals surface area contributed by atoms with Gasteiger partial charge in [0.05, 0.1) is 11.6 Å². The summed E-state index contributed by atoms with van der Waals surface area (Å²) in [5.74, 6) is 1.03. The highest BCUT2D eigenvalue weighted by molar-refractivity contribution is 6.33. The van der Waals surface area contributed by atoms with Crippen LogP contribution in [0.3, 0.4) is 0 Å². The van der Waals surface area contributed by atoms with Crippen molar-refractivity contribution in [3.05, 3.63) is 58.9 Å². The van der Waals surface area contributed by atoms with Gasteiger partial charge in [0.15, 0.2) is 5.78 Å². The molecule has 0 N–H and O–H groups in total. The molecule has 0 bridgehead atoms. The average molecular weight is 288 g/mol. The molecule has 102 valence electrons. The Morgan fingerprint density at radius 2 is 2.15 bits per heavy atom. The molecule has 2 aromatic rings. The van der Waals surface area contributed by atoms with E-state index < -0.39 is 0 Å². The van der Waals surface area contributed by atoms with Crippen molar-refractivity contribution in [1.29, 1.82) is 0 Å². The molecule has 0 aliphatic carbocycles. The molecule has 1 aliphatic rings. The Labute approximate surface area is 122 Å². The Morgan fingerprint density at radius 3 is 3.00 bits per heavy atom. The number of pyridine rings is 1. The molecule has 4 heteroatoms. The number of fused-ring (bicyclic) bond motifs is 1. The van der Waals surface area contributed by atoms with Crippen LogP contribution in [0.5, 0.6) is 5.75 Å². The van der Waals surface area contributed by atoms with E-state index in [-0.39, 0.29) is 11.7 Å². The van der Waals surface area contributed by atoms with E-state index in [1.807, 2.05) is 24.3 Å². The summed E-state index contributed by atoms with van der Waals surface area (Å²) in [4.78, 5) is 16.4. The fourth-order valence-electron chi connectivity index (χ4n) is 2.54. The summed E-state index contributed by atoms with van der Waals surface area (Å²) < 4.78 is 5.61. The lowest BCUT2D eigenvalue weighted by molar-refractivity contribution is 0.0961. The Morgan fingerprint density at radius 1 is 1.30 bits per heavy atom. The van der Waals surface area contributed by atoms with E-state index in [4.69, 9.17) is 16.3 Å². The predicted octanol–water partition coefficient (Wildman–Crippen LogP) is 3.87. The van der Waals surface area contributed by atoms with E-state index in [0.29, 0.717) is 23.7 Å². The van der Waals surface area contributed by atoms with E-state index in [9.17, 15) is 4.79 Å². The van der Waals surface area contributed by atoms with Gasteiger partial charge < -0.3 is 4.74 Å². The summed E-state index contributed by atoms with van der Waals surface area (Å²) in [5, 5.41) is 0.415. The number of ether oxygens (including phenoxy) is 1. The third-order valence-electron chi connectivity index (χ3n) is 3.54. The van der Waals surface area contributed by atoms with Crippen LogP contribution in [0, 0.1) is 0 Å². The highest BCUT2D eigenvalue weighted by Crippen LogP contribution is 2.36. The number of para-hydroxylation sites is 1. The normalized spacial score (nSPS) is 17.1. The Kier molecular flexibility index (Phi) is 3.70. The molecule has 1 aliphatic heterocycles. The standard InChI is InChI=1S/C16H14ClNO2/c17-13-5-3-8-18-16(13)14(19)10-11-7-9-20-15-6-2-1-4-12(11)15/h1-6,8,11H,7,9-10H2. The Hall–Kier alpha value is -1.87. The maximum atomic E-state index is 12.4. The second-order valence-electron chi connectivity index (χ2n) is 4.83. The van der Waals surface area contributed by atoms with E-state index >= 15 is 0 Å². The van der Waals surface area contributed by atoms with Crippen LogP contribution >= 0.6 is 11.6 Å². The van der Waals surface area contributed by atoms with Gasteiger partial charge in [0.25, 0.3) is 0 Å². The predicted molar refractivity (Wildman–Crippen MR) is 77.5 cm³/mol. The Balaban J connectivity index is 1.83. The van der Waals surface area contributed by atoms with Gasteiger partial charge in [-0.2, -0.15) is 0 Å². The van der Waals surface area contributed by atoms with Gasteiger partial charge in [0.2, 0.25) is 0 Å². The van der Waals surface area contributed by atoms with Crippen molar-refractivity contribution in [1.82, 2.24) is 4.98 Å². The van der Waals surface area contributed by atoms with Crippen LogP contribution in [0.25, 0.3) is 0 Å². The highest BCUT2D eigenvalue weighted by Gasteiger charge is 2.25.